The van der Waals surface area contributed by atoms with Crippen molar-refractivity contribution in [1.82, 2.24) is 0 Å². The highest BCUT2D eigenvalue weighted by molar-refractivity contribution is 8.01. The summed E-state index contributed by atoms with van der Waals surface area (Å²) in [6.45, 7) is 26.3. The van der Waals surface area contributed by atoms with Gasteiger partial charge < -0.3 is 32.8 Å². The lowest BCUT2D eigenvalue weighted by atomic mass is 9.67. The Morgan fingerprint density at radius 3 is 2.00 bits per heavy atom. The Hall–Kier alpha value is -4.04. The van der Waals surface area contributed by atoms with E-state index in [4.69, 9.17) is 32.8 Å². The number of rotatable bonds is 23. The minimum absolute atomic E-state index is 0.117. The third-order valence-corrected chi connectivity index (χ3v) is 26.0. The molecule has 2 aliphatic carbocycles. The number of hydrogen-bond donors (Lipinski definition) is 0. The molecule has 5 aromatic carbocycles. The molecule has 2 aliphatic heterocycles. The van der Waals surface area contributed by atoms with Gasteiger partial charge in [-0.25, -0.2) is 0 Å². The number of unbranched alkanes of at least 4 members (excludes halogenated alkanes) is 1. The van der Waals surface area contributed by atoms with Gasteiger partial charge >= 0.3 is 0 Å². The van der Waals surface area contributed by atoms with E-state index in [9.17, 15) is 0 Å². The maximum Gasteiger partial charge on any atom is 0.210 e. The van der Waals surface area contributed by atoms with Crippen molar-refractivity contribution in [3.8, 4) is 34.1 Å². The van der Waals surface area contributed by atoms with Crippen LogP contribution in [0.25, 0.3) is 28.0 Å². The molecule has 5 aromatic rings. The fourth-order valence-corrected chi connectivity index (χ4v) is 18.8. The van der Waals surface area contributed by atoms with Crippen LogP contribution in [0.2, 0.25) is 31.2 Å². The normalized spacial score (nSPS) is 19.3. The molecule has 10 heteroatoms. The highest BCUT2D eigenvalue weighted by Gasteiger charge is 2.50. The minimum atomic E-state index is -1.37. The standard InChI is InChI=1S/C65H87O7SSi2/c1-12-13-42-75(10,11)48(7)72-74(9)47(6)22-21-37-67-39-41-69-52-31-27-50(28-32-52)64(49-25-29-51(30-26-49)68-40-38-66-8)36-33-54-61-60(53-23-17-18-24-57(53)63(61)34-19-15-14-16-20-35-63)55-43-58-59(44-56(55)62(54)71-64)73-65(70-58,45(2)3)46(4)5/h17-18,23-33,36,43-48H,12-16,19-22,34-35,37-42H2,1-11H3. The molecular weight excluding hydrogens is 981 g/mol. The Morgan fingerprint density at radius 1 is 0.720 bits per heavy atom. The average Bonchev–Trinajstić information content (AvgIpc) is 3.99. The second-order valence-corrected chi connectivity index (χ2v) is 32.5. The number of hydrogen-bond acceptors (Lipinski definition) is 8. The Kier molecular flexibility index (Phi) is 17.8. The Balaban J connectivity index is 1.02. The quantitative estimate of drug-likeness (QED) is 0.0474. The lowest BCUT2D eigenvalue weighted by Crippen LogP contribution is -2.44. The van der Waals surface area contributed by atoms with Crippen molar-refractivity contribution in [3.05, 3.63) is 119 Å². The predicted octanol–water partition coefficient (Wildman–Crippen LogP) is 17.4. The molecule has 1 fully saturated rings. The zero-order chi connectivity index (χ0) is 53.0. The van der Waals surface area contributed by atoms with Crippen molar-refractivity contribution in [2.75, 3.05) is 40.1 Å². The smallest absolute Gasteiger partial charge is 0.210 e. The van der Waals surface area contributed by atoms with E-state index in [2.05, 4.69) is 165 Å². The van der Waals surface area contributed by atoms with E-state index in [0.717, 1.165) is 71.8 Å². The van der Waals surface area contributed by atoms with Gasteiger partial charge in [-0.1, -0.05) is 172 Å². The third kappa shape index (κ3) is 11.2. The SMILES string of the molecule is CCCC[Si](C)(C)C(C)O[Si](C)C(C)CCCOCCOc1ccc(C2(c3ccc(OCCOC)cc3)C=Cc3c4c(c5cc6c(cc5c3O2)SC(C(C)C)(C(C)C)O6)-c2ccccc2C42CCCCCCC2)cc1. The van der Waals surface area contributed by atoms with Gasteiger partial charge in [0.1, 0.15) is 36.2 Å². The lowest BCUT2D eigenvalue weighted by Gasteiger charge is -2.40. The van der Waals surface area contributed by atoms with Crippen LogP contribution in [0.15, 0.2) is 95.9 Å². The van der Waals surface area contributed by atoms with Gasteiger partial charge in [-0.15, -0.1) is 0 Å². The van der Waals surface area contributed by atoms with Gasteiger partial charge in [-0.2, -0.15) is 0 Å². The average molecular weight is 1070 g/mol. The first kappa shape index (κ1) is 55.7. The predicted molar refractivity (Wildman–Crippen MR) is 316 cm³/mol. The zero-order valence-corrected chi connectivity index (χ0v) is 50.2. The van der Waals surface area contributed by atoms with Gasteiger partial charge in [0.2, 0.25) is 9.04 Å². The summed E-state index contributed by atoms with van der Waals surface area (Å²) >= 11 is 1.89. The molecule has 4 aliphatic rings. The number of benzene rings is 5. The van der Waals surface area contributed by atoms with Gasteiger partial charge in [0.05, 0.1) is 26.2 Å². The van der Waals surface area contributed by atoms with Crippen molar-refractivity contribution in [3.63, 3.8) is 0 Å². The van der Waals surface area contributed by atoms with Gasteiger partial charge in [0.15, 0.2) is 10.5 Å². The summed E-state index contributed by atoms with van der Waals surface area (Å²) in [6, 6.07) is 32.4. The van der Waals surface area contributed by atoms with E-state index in [1.165, 1.54) is 89.1 Å². The summed E-state index contributed by atoms with van der Waals surface area (Å²) in [6.07, 6.45) is 18.0. The fraction of sp³-hybridized carbons (Fsp3) is 0.538. The summed E-state index contributed by atoms with van der Waals surface area (Å²) in [5.74, 6) is 4.14. The van der Waals surface area contributed by atoms with Crippen LogP contribution in [0.1, 0.15) is 147 Å². The first-order chi connectivity index (χ1) is 36.2. The Bertz CT molecular complexity index is 2740. The molecule has 0 amide bonds. The molecule has 7 nitrogen and oxygen atoms in total. The Labute approximate surface area is 457 Å². The largest absolute Gasteiger partial charge is 0.491 e. The van der Waals surface area contributed by atoms with E-state index in [1.807, 2.05) is 11.8 Å². The topological polar surface area (TPSA) is 64.6 Å². The molecule has 0 N–H and O–H groups in total. The molecule has 3 unspecified atom stereocenters. The van der Waals surface area contributed by atoms with Crippen LogP contribution >= 0.6 is 11.8 Å². The summed E-state index contributed by atoms with van der Waals surface area (Å²) in [7, 11) is -0.544. The summed E-state index contributed by atoms with van der Waals surface area (Å²) < 4.78 is 45.8. The minimum Gasteiger partial charge on any atom is -0.491 e. The van der Waals surface area contributed by atoms with Gasteiger partial charge in [0, 0.05) is 58.8 Å². The van der Waals surface area contributed by atoms with Crippen molar-refractivity contribution in [2.45, 2.75) is 177 Å². The van der Waals surface area contributed by atoms with E-state index in [-0.39, 0.29) is 10.3 Å². The van der Waals surface area contributed by atoms with Crippen LogP contribution in [0, 0.1) is 11.8 Å². The molecule has 75 heavy (non-hydrogen) atoms. The molecule has 403 valence electrons. The first-order valence-electron chi connectivity index (χ1n) is 28.8. The summed E-state index contributed by atoms with van der Waals surface area (Å²) in [4.78, 5) is 0.808. The first-order valence-corrected chi connectivity index (χ1v) is 34.8. The molecule has 1 saturated carbocycles. The zero-order valence-electron chi connectivity index (χ0n) is 47.3. The van der Waals surface area contributed by atoms with Crippen molar-refractivity contribution in [1.29, 1.82) is 0 Å². The number of methoxy groups -OCH3 is 1. The van der Waals surface area contributed by atoms with E-state index >= 15 is 0 Å². The van der Waals surface area contributed by atoms with Crippen molar-refractivity contribution in [2.24, 2.45) is 11.8 Å². The third-order valence-electron chi connectivity index (χ3n) is 17.5. The van der Waals surface area contributed by atoms with Gasteiger partial charge in [0.25, 0.3) is 0 Å². The summed E-state index contributed by atoms with van der Waals surface area (Å²) in [5, 5.41) is 2.34. The second-order valence-electron chi connectivity index (χ2n) is 23.5. The van der Waals surface area contributed by atoms with Crippen molar-refractivity contribution < 1.29 is 32.8 Å². The maximum atomic E-state index is 7.96. The van der Waals surface area contributed by atoms with Crippen LogP contribution in [-0.2, 0) is 24.9 Å². The molecule has 0 bridgehead atoms. The molecule has 3 atom stereocenters. The molecule has 2 heterocycles. The number of fused-ring (bicyclic) bond motifs is 11. The molecular formula is C65H87O7SSi2. The second kappa shape index (κ2) is 23.9. The van der Waals surface area contributed by atoms with Crippen LogP contribution in [0.3, 0.4) is 0 Å². The van der Waals surface area contributed by atoms with Gasteiger partial charge in [-0.3, -0.25) is 0 Å². The van der Waals surface area contributed by atoms with E-state index in [0.29, 0.717) is 49.5 Å². The monoisotopic (exact) mass is 1070 g/mol. The van der Waals surface area contributed by atoms with Crippen LogP contribution in [0.4, 0.5) is 0 Å². The maximum absolute atomic E-state index is 7.96. The number of ether oxygens (including phenoxy) is 6. The van der Waals surface area contributed by atoms with Gasteiger partial charge in [-0.05, 0) is 115 Å². The van der Waals surface area contributed by atoms with Crippen molar-refractivity contribution >= 4 is 45.7 Å². The molecule has 0 saturated heterocycles. The number of thioether (sulfide) groups is 1. The molecule has 0 aromatic heterocycles. The fourth-order valence-electron chi connectivity index (χ4n) is 12.6. The van der Waals surface area contributed by atoms with Crippen LogP contribution in [0.5, 0.6) is 23.0 Å². The van der Waals surface area contributed by atoms with E-state index in [1.54, 1.807) is 7.11 Å². The van der Waals surface area contributed by atoms with Crippen LogP contribution < -0.4 is 18.9 Å². The molecule has 9 rings (SSSR count). The highest BCUT2D eigenvalue weighted by Crippen LogP contribution is 2.64. The molecule has 1 spiro atoms. The van der Waals surface area contributed by atoms with Crippen LogP contribution in [-0.4, -0.2) is 67.9 Å². The molecule has 1 radical (unpaired) electrons. The Morgan fingerprint density at radius 2 is 1.36 bits per heavy atom. The summed E-state index contributed by atoms with van der Waals surface area (Å²) in [5.41, 5.74) is 8.79. The lowest BCUT2D eigenvalue weighted by molar-refractivity contribution is 0.0757. The van der Waals surface area contributed by atoms with E-state index < -0.39 is 22.7 Å². The highest BCUT2D eigenvalue weighted by atomic mass is 32.2.